The molecule has 0 aromatic heterocycles. The van der Waals surface area contributed by atoms with Gasteiger partial charge < -0.3 is 10.4 Å². The highest BCUT2D eigenvalue weighted by Gasteiger charge is 2.44. The molecule has 2 aromatic rings. The van der Waals surface area contributed by atoms with Crippen molar-refractivity contribution in [2.45, 2.75) is 31.2 Å². The predicted molar refractivity (Wildman–Crippen MR) is 101 cm³/mol. The molecule has 0 aliphatic heterocycles. The summed E-state index contributed by atoms with van der Waals surface area (Å²) in [5, 5.41) is 13.5. The number of halogens is 2. The Morgan fingerprint density at radius 1 is 1.16 bits per heavy atom. The van der Waals surface area contributed by atoms with Crippen molar-refractivity contribution in [2.75, 3.05) is 6.61 Å². The highest BCUT2D eigenvalue weighted by molar-refractivity contribution is 6.34. The van der Waals surface area contributed by atoms with E-state index in [0.29, 0.717) is 22.9 Å². The number of amides is 1. The quantitative estimate of drug-likeness (QED) is 0.732. The molecule has 0 heterocycles. The van der Waals surface area contributed by atoms with Crippen LogP contribution in [0.3, 0.4) is 0 Å². The Kier molecular flexibility index (Phi) is 6.00. The van der Waals surface area contributed by atoms with Gasteiger partial charge in [0.15, 0.2) is 0 Å². The largest absolute Gasteiger partial charge is 0.396 e. The van der Waals surface area contributed by atoms with E-state index in [9.17, 15) is 4.79 Å². The van der Waals surface area contributed by atoms with Gasteiger partial charge in [0.25, 0.3) is 0 Å². The summed E-state index contributed by atoms with van der Waals surface area (Å²) in [6.07, 6.45) is 2.18. The zero-order chi connectivity index (χ0) is 17.8. The van der Waals surface area contributed by atoms with Gasteiger partial charge in [0.05, 0.1) is 6.04 Å². The minimum Gasteiger partial charge on any atom is -0.396 e. The molecule has 0 bridgehead atoms. The Morgan fingerprint density at radius 3 is 2.48 bits per heavy atom. The third-order valence-electron chi connectivity index (χ3n) is 4.61. The number of aliphatic hydroxyl groups is 1. The molecule has 1 aliphatic carbocycles. The van der Waals surface area contributed by atoms with E-state index in [2.05, 4.69) is 5.32 Å². The number of carbonyl (C=O) groups excluding carboxylic acids is 1. The molecular weight excluding hydrogens is 357 g/mol. The summed E-state index contributed by atoms with van der Waals surface area (Å²) in [5.41, 5.74) is 2.08. The van der Waals surface area contributed by atoms with Gasteiger partial charge in [-0.1, -0.05) is 53.5 Å². The van der Waals surface area contributed by atoms with Crippen LogP contribution in [-0.4, -0.2) is 17.6 Å². The van der Waals surface area contributed by atoms with E-state index in [-0.39, 0.29) is 30.4 Å². The first-order chi connectivity index (χ1) is 12.1. The summed E-state index contributed by atoms with van der Waals surface area (Å²) >= 11 is 12.1. The zero-order valence-electron chi connectivity index (χ0n) is 13.8. The second-order valence-corrected chi connectivity index (χ2v) is 7.36. The van der Waals surface area contributed by atoms with Crippen molar-refractivity contribution in [1.82, 2.24) is 5.32 Å². The first kappa shape index (κ1) is 18.2. The monoisotopic (exact) mass is 377 g/mol. The SMILES string of the molecule is O=C(N[C@H](CCCO)c1ccccc1)[C@H]1C[C@@H]1c1cc(Cl)cc(Cl)c1. The average Bonchev–Trinajstić information content (AvgIpc) is 3.39. The van der Waals surface area contributed by atoms with Crippen LogP contribution < -0.4 is 5.32 Å². The van der Waals surface area contributed by atoms with Crippen LogP contribution in [0, 0.1) is 5.92 Å². The van der Waals surface area contributed by atoms with Crippen molar-refractivity contribution < 1.29 is 9.90 Å². The summed E-state index contributed by atoms with van der Waals surface area (Å²) in [4.78, 5) is 12.7. The summed E-state index contributed by atoms with van der Waals surface area (Å²) in [6.45, 7) is 0.117. The molecular formula is C20H21Cl2NO2. The van der Waals surface area contributed by atoms with Crippen LogP contribution in [-0.2, 0) is 4.79 Å². The van der Waals surface area contributed by atoms with Gasteiger partial charge in [0.1, 0.15) is 0 Å². The average molecular weight is 378 g/mol. The van der Waals surface area contributed by atoms with Gasteiger partial charge in [-0.25, -0.2) is 0 Å². The smallest absolute Gasteiger partial charge is 0.224 e. The molecule has 1 fully saturated rings. The van der Waals surface area contributed by atoms with Gasteiger partial charge in [-0.05, 0) is 54.5 Å². The molecule has 132 valence electrons. The Labute approximate surface area is 158 Å². The molecule has 25 heavy (non-hydrogen) atoms. The van der Waals surface area contributed by atoms with E-state index in [1.54, 1.807) is 6.07 Å². The number of aliphatic hydroxyl groups excluding tert-OH is 1. The van der Waals surface area contributed by atoms with Gasteiger partial charge in [-0.2, -0.15) is 0 Å². The summed E-state index contributed by atoms with van der Waals surface area (Å²) in [7, 11) is 0. The highest BCUT2D eigenvalue weighted by Crippen LogP contribution is 2.48. The fourth-order valence-electron chi connectivity index (χ4n) is 3.22. The Morgan fingerprint density at radius 2 is 1.84 bits per heavy atom. The van der Waals surface area contributed by atoms with E-state index in [0.717, 1.165) is 17.5 Å². The van der Waals surface area contributed by atoms with Crippen molar-refractivity contribution in [1.29, 1.82) is 0 Å². The van der Waals surface area contributed by atoms with Gasteiger partial charge >= 0.3 is 0 Å². The van der Waals surface area contributed by atoms with E-state index in [1.807, 2.05) is 42.5 Å². The van der Waals surface area contributed by atoms with Crippen molar-refractivity contribution >= 4 is 29.1 Å². The number of rotatable bonds is 7. The van der Waals surface area contributed by atoms with Crippen LogP contribution in [0.4, 0.5) is 0 Å². The van der Waals surface area contributed by atoms with Gasteiger partial charge in [-0.15, -0.1) is 0 Å². The lowest BCUT2D eigenvalue weighted by molar-refractivity contribution is -0.123. The van der Waals surface area contributed by atoms with E-state index >= 15 is 0 Å². The summed E-state index contributed by atoms with van der Waals surface area (Å²) in [6, 6.07) is 15.3. The van der Waals surface area contributed by atoms with Crippen LogP contribution in [0.15, 0.2) is 48.5 Å². The van der Waals surface area contributed by atoms with Crippen LogP contribution in [0.2, 0.25) is 10.0 Å². The summed E-state index contributed by atoms with van der Waals surface area (Å²) in [5.74, 6) is 0.174. The molecule has 5 heteroatoms. The number of nitrogens with one attached hydrogen (secondary N) is 1. The van der Waals surface area contributed by atoms with E-state index in [1.165, 1.54) is 0 Å². The van der Waals surface area contributed by atoms with Gasteiger partial charge in [0.2, 0.25) is 5.91 Å². The fraction of sp³-hybridized carbons (Fsp3) is 0.350. The normalized spacial score (nSPS) is 20.1. The number of carbonyl (C=O) groups is 1. The maximum atomic E-state index is 12.7. The molecule has 3 atom stereocenters. The number of hydrogen-bond acceptors (Lipinski definition) is 2. The minimum atomic E-state index is -0.0787. The van der Waals surface area contributed by atoms with E-state index in [4.69, 9.17) is 28.3 Å². The highest BCUT2D eigenvalue weighted by atomic mass is 35.5. The number of benzene rings is 2. The molecule has 0 saturated heterocycles. The third kappa shape index (κ3) is 4.75. The lowest BCUT2D eigenvalue weighted by Gasteiger charge is -2.19. The first-order valence-electron chi connectivity index (χ1n) is 8.50. The van der Waals surface area contributed by atoms with Crippen LogP contribution in [0.25, 0.3) is 0 Å². The van der Waals surface area contributed by atoms with Crippen molar-refractivity contribution in [3.63, 3.8) is 0 Å². The van der Waals surface area contributed by atoms with Crippen molar-refractivity contribution in [3.05, 3.63) is 69.7 Å². The Bertz CT molecular complexity index is 715. The van der Waals surface area contributed by atoms with Gasteiger partial charge in [0, 0.05) is 22.6 Å². The molecule has 1 saturated carbocycles. The molecule has 0 spiro atoms. The standard InChI is InChI=1S/C20H21Cl2NO2/c21-15-9-14(10-16(22)11-15)17-12-18(17)20(25)23-19(7-4-8-24)13-5-2-1-3-6-13/h1-3,5-6,9-11,17-19,24H,4,7-8,12H2,(H,23,25)/t17-,18+,19-/m1/s1. The zero-order valence-corrected chi connectivity index (χ0v) is 15.3. The predicted octanol–water partition coefficient (Wildman–Crippen LogP) is 4.73. The second-order valence-electron chi connectivity index (χ2n) is 6.49. The van der Waals surface area contributed by atoms with Crippen LogP contribution in [0.1, 0.15) is 42.3 Å². The lowest BCUT2D eigenvalue weighted by atomic mass is 10.0. The maximum absolute atomic E-state index is 12.7. The Hall–Kier alpha value is -1.55. The fourth-order valence-corrected chi connectivity index (χ4v) is 3.77. The molecule has 3 rings (SSSR count). The van der Waals surface area contributed by atoms with Crippen LogP contribution in [0.5, 0.6) is 0 Å². The summed E-state index contributed by atoms with van der Waals surface area (Å²) < 4.78 is 0. The topological polar surface area (TPSA) is 49.3 Å². The molecule has 0 unspecified atom stereocenters. The first-order valence-corrected chi connectivity index (χ1v) is 9.26. The molecule has 1 amide bonds. The molecule has 3 nitrogen and oxygen atoms in total. The van der Waals surface area contributed by atoms with Gasteiger partial charge in [-0.3, -0.25) is 4.79 Å². The Balaban J connectivity index is 1.66. The molecule has 2 N–H and O–H groups in total. The minimum absolute atomic E-state index is 0.0464. The molecule has 2 aromatic carbocycles. The van der Waals surface area contributed by atoms with Crippen molar-refractivity contribution in [3.8, 4) is 0 Å². The number of hydrogen-bond donors (Lipinski definition) is 2. The third-order valence-corrected chi connectivity index (χ3v) is 5.05. The molecule has 1 aliphatic rings. The molecule has 0 radical (unpaired) electrons. The lowest BCUT2D eigenvalue weighted by Crippen LogP contribution is -2.30. The second kappa shape index (κ2) is 8.22. The van der Waals surface area contributed by atoms with Crippen LogP contribution >= 0.6 is 23.2 Å². The van der Waals surface area contributed by atoms with Crippen molar-refractivity contribution in [2.24, 2.45) is 5.92 Å². The maximum Gasteiger partial charge on any atom is 0.224 e. The van der Waals surface area contributed by atoms with E-state index < -0.39 is 0 Å².